The van der Waals surface area contributed by atoms with E-state index in [4.69, 9.17) is 10.8 Å². The minimum Gasteiger partial charge on any atom is -0.396 e. The van der Waals surface area contributed by atoms with Gasteiger partial charge in [-0.25, -0.2) is 0 Å². The van der Waals surface area contributed by atoms with Crippen molar-refractivity contribution >= 4 is 5.91 Å². The van der Waals surface area contributed by atoms with E-state index in [9.17, 15) is 4.79 Å². The second-order valence-corrected chi connectivity index (χ2v) is 5.68. The van der Waals surface area contributed by atoms with Crippen LogP contribution >= 0.6 is 0 Å². The highest BCUT2D eigenvalue weighted by atomic mass is 16.3. The molecule has 0 saturated heterocycles. The van der Waals surface area contributed by atoms with Gasteiger partial charge < -0.3 is 16.2 Å². The maximum absolute atomic E-state index is 12.0. The van der Waals surface area contributed by atoms with Crippen molar-refractivity contribution in [3.05, 3.63) is 0 Å². The molecule has 4 nitrogen and oxygen atoms in total. The van der Waals surface area contributed by atoms with Crippen LogP contribution in [-0.2, 0) is 4.79 Å². The third-order valence-corrected chi connectivity index (χ3v) is 3.32. The Morgan fingerprint density at radius 3 is 2.22 bits per heavy atom. The molecule has 0 fully saturated rings. The highest BCUT2D eigenvalue weighted by Gasteiger charge is 2.19. The van der Waals surface area contributed by atoms with Crippen molar-refractivity contribution in [1.82, 2.24) is 5.32 Å². The highest BCUT2D eigenvalue weighted by molar-refractivity contribution is 5.78. The summed E-state index contributed by atoms with van der Waals surface area (Å²) in [5.74, 6) is 0.452. The molecule has 3 unspecified atom stereocenters. The molecule has 18 heavy (non-hydrogen) atoms. The molecule has 3 atom stereocenters. The van der Waals surface area contributed by atoms with Crippen LogP contribution in [-0.4, -0.2) is 29.7 Å². The van der Waals surface area contributed by atoms with Crippen molar-refractivity contribution in [3.8, 4) is 0 Å². The third-order valence-electron chi connectivity index (χ3n) is 3.32. The van der Waals surface area contributed by atoms with Crippen LogP contribution in [0.5, 0.6) is 0 Å². The molecule has 4 heteroatoms. The largest absolute Gasteiger partial charge is 0.396 e. The normalized spacial score (nSPS) is 16.4. The van der Waals surface area contributed by atoms with Crippen molar-refractivity contribution in [2.45, 2.75) is 65.5 Å². The minimum absolute atomic E-state index is 0.0173. The molecule has 1 amide bonds. The molecule has 0 aromatic rings. The fraction of sp³-hybridized carbons (Fsp3) is 0.929. The lowest BCUT2D eigenvalue weighted by Gasteiger charge is -2.23. The van der Waals surface area contributed by atoms with E-state index in [2.05, 4.69) is 19.2 Å². The first-order chi connectivity index (χ1) is 8.38. The number of hydrogen-bond acceptors (Lipinski definition) is 3. The Morgan fingerprint density at radius 1 is 1.17 bits per heavy atom. The molecule has 0 radical (unpaired) electrons. The number of aliphatic hydroxyl groups excluding tert-OH is 1. The van der Waals surface area contributed by atoms with E-state index in [0.29, 0.717) is 12.3 Å². The molecule has 0 aromatic carbocycles. The maximum atomic E-state index is 12.0. The molecule has 108 valence electrons. The van der Waals surface area contributed by atoms with Crippen LogP contribution in [0.15, 0.2) is 0 Å². The van der Waals surface area contributed by atoms with Gasteiger partial charge in [-0.3, -0.25) is 4.79 Å². The zero-order valence-corrected chi connectivity index (χ0v) is 12.3. The maximum Gasteiger partial charge on any atom is 0.223 e. The Bertz CT molecular complexity index is 230. The number of carbonyl (C=O) groups excluding carboxylic acids is 1. The quantitative estimate of drug-likeness (QED) is 0.589. The van der Waals surface area contributed by atoms with Gasteiger partial charge in [-0.2, -0.15) is 0 Å². The van der Waals surface area contributed by atoms with E-state index >= 15 is 0 Å². The van der Waals surface area contributed by atoms with Crippen molar-refractivity contribution in [3.63, 3.8) is 0 Å². The minimum atomic E-state index is 0.0173. The molecule has 0 aliphatic carbocycles. The zero-order chi connectivity index (χ0) is 14.1. The summed E-state index contributed by atoms with van der Waals surface area (Å²) in [6.07, 6.45) is 3.44. The fourth-order valence-corrected chi connectivity index (χ4v) is 1.91. The molecular formula is C14H30N2O2. The van der Waals surface area contributed by atoms with Gasteiger partial charge >= 0.3 is 0 Å². The van der Waals surface area contributed by atoms with E-state index in [1.807, 2.05) is 13.8 Å². The molecule has 0 spiro atoms. The van der Waals surface area contributed by atoms with Crippen LogP contribution in [0.1, 0.15) is 53.4 Å². The summed E-state index contributed by atoms with van der Waals surface area (Å²) in [5.41, 5.74) is 5.69. The Kier molecular flexibility index (Phi) is 9.02. The lowest BCUT2D eigenvalue weighted by molar-refractivity contribution is -0.125. The third kappa shape index (κ3) is 7.67. The van der Waals surface area contributed by atoms with Crippen LogP contribution in [0.2, 0.25) is 0 Å². The first kappa shape index (κ1) is 17.4. The Labute approximate surface area is 111 Å². The second kappa shape index (κ2) is 9.34. The summed E-state index contributed by atoms with van der Waals surface area (Å²) in [6.45, 7) is 8.17. The van der Waals surface area contributed by atoms with Gasteiger partial charge in [0.05, 0.1) is 0 Å². The molecule has 0 aliphatic heterocycles. The standard InChI is InChI=1S/C14H30N2O2/c1-10(2)13(8-9-17)16-14(18)11(3)6-5-7-12(4)15/h10-13,17H,5-9,15H2,1-4H3,(H,16,18). The SMILES string of the molecule is CC(N)CCCC(C)C(=O)NC(CCO)C(C)C. The van der Waals surface area contributed by atoms with Crippen molar-refractivity contribution in [1.29, 1.82) is 0 Å². The van der Waals surface area contributed by atoms with Gasteiger partial charge in [-0.05, 0) is 32.1 Å². The lowest BCUT2D eigenvalue weighted by atomic mass is 9.98. The van der Waals surface area contributed by atoms with Crippen LogP contribution in [0.25, 0.3) is 0 Å². The average molecular weight is 258 g/mol. The van der Waals surface area contributed by atoms with Crippen molar-refractivity contribution in [2.75, 3.05) is 6.61 Å². The molecular weight excluding hydrogens is 228 g/mol. The smallest absolute Gasteiger partial charge is 0.223 e. The van der Waals surface area contributed by atoms with E-state index in [1.165, 1.54) is 0 Å². The summed E-state index contributed by atoms with van der Waals surface area (Å²) >= 11 is 0. The van der Waals surface area contributed by atoms with E-state index in [0.717, 1.165) is 19.3 Å². The zero-order valence-electron chi connectivity index (χ0n) is 12.3. The van der Waals surface area contributed by atoms with Gasteiger partial charge in [0.1, 0.15) is 0 Å². The fourth-order valence-electron chi connectivity index (χ4n) is 1.91. The number of nitrogens with one attached hydrogen (secondary N) is 1. The van der Waals surface area contributed by atoms with Crippen LogP contribution in [0, 0.1) is 11.8 Å². The molecule has 0 heterocycles. The number of nitrogens with two attached hydrogens (primary N) is 1. The van der Waals surface area contributed by atoms with Crippen molar-refractivity contribution in [2.24, 2.45) is 17.6 Å². The van der Waals surface area contributed by atoms with E-state index in [-0.39, 0.29) is 30.5 Å². The summed E-state index contributed by atoms with van der Waals surface area (Å²) < 4.78 is 0. The van der Waals surface area contributed by atoms with Gasteiger partial charge in [0.2, 0.25) is 5.91 Å². The van der Waals surface area contributed by atoms with Crippen molar-refractivity contribution < 1.29 is 9.90 Å². The van der Waals surface area contributed by atoms with Gasteiger partial charge in [0.25, 0.3) is 0 Å². The van der Waals surface area contributed by atoms with Crippen LogP contribution < -0.4 is 11.1 Å². The monoisotopic (exact) mass is 258 g/mol. The first-order valence-corrected chi connectivity index (χ1v) is 7.05. The number of aliphatic hydroxyl groups is 1. The highest BCUT2D eigenvalue weighted by Crippen LogP contribution is 2.12. The molecule has 0 saturated carbocycles. The molecule has 0 aliphatic rings. The number of amides is 1. The Balaban J connectivity index is 4.04. The predicted molar refractivity (Wildman–Crippen MR) is 75.1 cm³/mol. The van der Waals surface area contributed by atoms with E-state index < -0.39 is 0 Å². The topological polar surface area (TPSA) is 75.4 Å². The summed E-state index contributed by atoms with van der Waals surface area (Å²) in [6, 6.07) is 0.274. The molecule has 4 N–H and O–H groups in total. The van der Waals surface area contributed by atoms with Gasteiger partial charge in [-0.1, -0.05) is 27.2 Å². The van der Waals surface area contributed by atoms with Gasteiger partial charge in [-0.15, -0.1) is 0 Å². The number of carbonyl (C=O) groups is 1. The number of hydrogen-bond donors (Lipinski definition) is 3. The Morgan fingerprint density at radius 2 is 1.78 bits per heavy atom. The second-order valence-electron chi connectivity index (χ2n) is 5.68. The molecule has 0 bridgehead atoms. The Hall–Kier alpha value is -0.610. The molecule has 0 aromatic heterocycles. The summed E-state index contributed by atoms with van der Waals surface area (Å²) in [4.78, 5) is 12.0. The molecule has 0 rings (SSSR count). The predicted octanol–water partition coefficient (Wildman–Crippen LogP) is 1.66. The summed E-state index contributed by atoms with van der Waals surface area (Å²) in [7, 11) is 0. The average Bonchev–Trinajstić information content (AvgIpc) is 2.27. The number of rotatable bonds is 9. The summed E-state index contributed by atoms with van der Waals surface area (Å²) in [5, 5.41) is 12.0. The van der Waals surface area contributed by atoms with E-state index in [1.54, 1.807) is 0 Å². The lowest BCUT2D eigenvalue weighted by Crippen LogP contribution is -2.41. The van der Waals surface area contributed by atoms with Gasteiger partial charge in [0.15, 0.2) is 0 Å². The van der Waals surface area contributed by atoms with Crippen LogP contribution in [0.3, 0.4) is 0 Å². The van der Waals surface area contributed by atoms with Gasteiger partial charge in [0, 0.05) is 24.6 Å². The first-order valence-electron chi connectivity index (χ1n) is 7.05. The van der Waals surface area contributed by atoms with Crippen LogP contribution in [0.4, 0.5) is 0 Å².